The van der Waals surface area contributed by atoms with Crippen LogP contribution in [0.3, 0.4) is 0 Å². The Bertz CT molecular complexity index is 376. The molecule has 94 valence electrons. The Morgan fingerprint density at radius 2 is 2.29 bits per heavy atom. The van der Waals surface area contributed by atoms with Gasteiger partial charge in [0.25, 0.3) is 0 Å². The summed E-state index contributed by atoms with van der Waals surface area (Å²) in [5.74, 6) is 4.00. The molecule has 0 amide bonds. The highest BCUT2D eigenvalue weighted by atomic mass is 32.2. The molecular formula is C12H19N3OS. The fourth-order valence-corrected chi connectivity index (χ4v) is 3.85. The first-order valence-corrected chi connectivity index (χ1v) is 7.55. The SMILES string of the molecule is CC1CNCC1c1nc(C2CCCCS2)no1. The summed E-state index contributed by atoms with van der Waals surface area (Å²) in [5.41, 5.74) is 0. The van der Waals surface area contributed by atoms with Crippen molar-refractivity contribution in [3.63, 3.8) is 0 Å². The predicted molar refractivity (Wildman–Crippen MR) is 68.1 cm³/mol. The number of aromatic nitrogens is 2. The number of hydrogen-bond acceptors (Lipinski definition) is 5. The molecule has 0 aromatic carbocycles. The van der Waals surface area contributed by atoms with Gasteiger partial charge in [0.2, 0.25) is 5.89 Å². The van der Waals surface area contributed by atoms with Gasteiger partial charge in [0, 0.05) is 6.54 Å². The van der Waals surface area contributed by atoms with Crippen molar-refractivity contribution < 1.29 is 4.52 Å². The van der Waals surface area contributed by atoms with Crippen molar-refractivity contribution in [2.45, 2.75) is 37.4 Å². The van der Waals surface area contributed by atoms with E-state index in [4.69, 9.17) is 4.52 Å². The van der Waals surface area contributed by atoms with Gasteiger partial charge in [0.05, 0.1) is 11.2 Å². The van der Waals surface area contributed by atoms with Crippen LogP contribution >= 0.6 is 11.8 Å². The lowest BCUT2D eigenvalue weighted by molar-refractivity contribution is 0.336. The van der Waals surface area contributed by atoms with Crippen molar-refractivity contribution in [1.82, 2.24) is 15.5 Å². The molecule has 0 bridgehead atoms. The van der Waals surface area contributed by atoms with Crippen LogP contribution in [0.15, 0.2) is 4.52 Å². The number of rotatable bonds is 2. The maximum absolute atomic E-state index is 5.46. The second-order valence-corrected chi connectivity index (χ2v) is 6.40. The van der Waals surface area contributed by atoms with E-state index in [1.807, 2.05) is 11.8 Å². The van der Waals surface area contributed by atoms with Crippen LogP contribution in [0.4, 0.5) is 0 Å². The Hall–Kier alpha value is -0.550. The molecule has 1 N–H and O–H groups in total. The Morgan fingerprint density at radius 1 is 1.35 bits per heavy atom. The van der Waals surface area contributed by atoms with E-state index in [0.717, 1.165) is 24.8 Å². The second-order valence-electron chi connectivity index (χ2n) is 5.09. The molecule has 3 atom stereocenters. The minimum Gasteiger partial charge on any atom is -0.339 e. The normalized spacial score (nSPS) is 34.1. The van der Waals surface area contributed by atoms with E-state index in [0.29, 0.717) is 17.1 Å². The first-order chi connectivity index (χ1) is 8.34. The summed E-state index contributed by atoms with van der Waals surface area (Å²) in [6.07, 6.45) is 3.82. The van der Waals surface area contributed by atoms with Crippen LogP contribution in [0.25, 0.3) is 0 Å². The molecule has 1 aromatic rings. The Balaban J connectivity index is 1.73. The molecule has 5 heteroatoms. The van der Waals surface area contributed by atoms with Gasteiger partial charge in [-0.05, 0) is 31.1 Å². The molecule has 2 saturated heterocycles. The van der Waals surface area contributed by atoms with Crippen LogP contribution in [0.1, 0.15) is 49.1 Å². The van der Waals surface area contributed by atoms with Gasteiger partial charge in [-0.2, -0.15) is 16.7 Å². The van der Waals surface area contributed by atoms with Crippen molar-refractivity contribution in [2.24, 2.45) is 5.92 Å². The molecule has 1 aromatic heterocycles. The fourth-order valence-electron chi connectivity index (χ4n) is 2.61. The maximum atomic E-state index is 5.46. The molecule has 2 aliphatic rings. The van der Waals surface area contributed by atoms with Crippen LogP contribution in [-0.4, -0.2) is 29.0 Å². The lowest BCUT2D eigenvalue weighted by atomic mass is 9.98. The minimum absolute atomic E-state index is 0.407. The van der Waals surface area contributed by atoms with E-state index >= 15 is 0 Å². The third kappa shape index (κ3) is 2.36. The van der Waals surface area contributed by atoms with E-state index in [1.54, 1.807) is 0 Å². The minimum atomic E-state index is 0.407. The van der Waals surface area contributed by atoms with E-state index in [1.165, 1.54) is 25.0 Å². The van der Waals surface area contributed by atoms with Crippen LogP contribution in [-0.2, 0) is 0 Å². The number of thioether (sulfide) groups is 1. The van der Waals surface area contributed by atoms with Gasteiger partial charge in [-0.1, -0.05) is 18.5 Å². The zero-order chi connectivity index (χ0) is 11.7. The van der Waals surface area contributed by atoms with Gasteiger partial charge in [-0.25, -0.2) is 0 Å². The third-order valence-corrected chi connectivity index (χ3v) is 5.13. The molecule has 0 spiro atoms. The van der Waals surface area contributed by atoms with Gasteiger partial charge < -0.3 is 9.84 Å². The maximum Gasteiger partial charge on any atom is 0.231 e. The fraction of sp³-hybridized carbons (Fsp3) is 0.833. The van der Waals surface area contributed by atoms with Gasteiger partial charge >= 0.3 is 0 Å². The monoisotopic (exact) mass is 253 g/mol. The Labute approximate surface area is 106 Å². The standard InChI is InChI=1S/C12H19N3OS/c1-8-6-13-7-9(8)12-14-11(15-16-12)10-4-2-3-5-17-10/h8-10,13H,2-7H2,1H3. The predicted octanol–water partition coefficient (Wildman–Crippen LogP) is 2.35. The van der Waals surface area contributed by atoms with E-state index in [2.05, 4.69) is 22.4 Å². The molecule has 0 radical (unpaired) electrons. The average molecular weight is 253 g/mol. The first kappa shape index (κ1) is 11.5. The van der Waals surface area contributed by atoms with Gasteiger partial charge in [0.1, 0.15) is 0 Å². The average Bonchev–Trinajstić information content (AvgIpc) is 2.98. The molecular weight excluding hydrogens is 234 g/mol. The van der Waals surface area contributed by atoms with E-state index in [9.17, 15) is 0 Å². The molecule has 3 rings (SSSR count). The second kappa shape index (κ2) is 4.98. The van der Waals surface area contributed by atoms with Gasteiger partial charge in [-0.15, -0.1) is 0 Å². The van der Waals surface area contributed by atoms with Crippen molar-refractivity contribution in [3.05, 3.63) is 11.7 Å². The highest BCUT2D eigenvalue weighted by Gasteiger charge is 2.31. The summed E-state index contributed by atoms with van der Waals surface area (Å²) >= 11 is 1.97. The number of nitrogens with zero attached hydrogens (tertiary/aromatic N) is 2. The highest BCUT2D eigenvalue weighted by molar-refractivity contribution is 7.99. The van der Waals surface area contributed by atoms with Crippen molar-refractivity contribution in [1.29, 1.82) is 0 Å². The summed E-state index contributed by atoms with van der Waals surface area (Å²) in [7, 11) is 0. The molecule has 2 fully saturated rings. The van der Waals surface area contributed by atoms with Crippen LogP contribution in [0.2, 0.25) is 0 Å². The lowest BCUT2D eigenvalue weighted by Gasteiger charge is -2.17. The molecule has 2 aliphatic heterocycles. The topological polar surface area (TPSA) is 51.0 Å². The largest absolute Gasteiger partial charge is 0.339 e. The molecule has 3 heterocycles. The quantitative estimate of drug-likeness (QED) is 0.876. The van der Waals surface area contributed by atoms with Crippen molar-refractivity contribution >= 4 is 11.8 Å². The zero-order valence-electron chi connectivity index (χ0n) is 10.2. The zero-order valence-corrected chi connectivity index (χ0v) is 11.0. The smallest absolute Gasteiger partial charge is 0.231 e. The van der Waals surface area contributed by atoms with Crippen molar-refractivity contribution in [3.8, 4) is 0 Å². The van der Waals surface area contributed by atoms with Crippen LogP contribution in [0.5, 0.6) is 0 Å². The number of hydrogen-bond donors (Lipinski definition) is 1. The summed E-state index contributed by atoms with van der Waals surface area (Å²) in [6, 6.07) is 0. The summed E-state index contributed by atoms with van der Waals surface area (Å²) < 4.78 is 5.46. The van der Waals surface area contributed by atoms with E-state index < -0.39 is 0 Å². The van der Waals surface area contributed by atoms with Crippen LogP contribution < -0.4 is 5.32 Å². The van der Waals surface area contributed by atoms with Gasteiger partial charge in [0.15, 0.2) is 5.82 Å². The summed E-state index contributed by atoms with van der Waals surface area (Å²) in [6.45, 7) is 4.27. The van der Waals surface area contributed by atoms with Gasteiger partial charge in [-0.3, -0.25) is 0 Å². The Kier molecular flexibility index (Phi) is 3.38. The Morgan fingerprint density at radius 3 is 3.00 bits per heavy atom. The van der Waals surface area contributed by atoms with Crippen molar-refractivity contribution in [2.75, 3.05) is 18.8 Å². The third-order valence-electron chi connectivity index (χ3n) is 3.76. The molecule has 0 saturated carbocycles. The van der Waals surface area contributed by atoms with E-state index in [-0.39, 0.29) is 0 Å². The summed E-state index contributed by atoms with van der Waals surface area (Å²) in [4.78, 5) is 4.63. The summed E-state index contributed by atoms with van der Waals surface area (Å²) in [5, 5.41) is 8.02. The number of nitrogens with one attached hydrogen (secondary N) is 1. The molecule has 0 aliphatic carbocycles. The first-order valence-electron chi connectivity index (χ1n) is 6.50. The highest BCUT2D eigenvalue weighted by Crippen LogP contribution is 2.37. The lowest BCUT2D eigenvalue weighted by Crippen LogP contribution is -2.09. The molecule has 4 nitrogen and oxygen atoms in total. The van der Waals surface area contributed by atoms with Crippen LogP contribution in [0, 0.1) is 5.92 Å². The molecule has 3 unspecified atom stereocenters. The molecule has 17 heavy (non-hydrogen) atoms.